The van der Waals surface area contributed by atoms with Crippen LogP contribution in [-0.4, -0.2) is 17.0 Å². The van der Waals surface area contributed by atoms with E-state index in [1.54, 1.807) is 12.1 Å². The highest BCUT2D eigenvalue weighted by Gasteiger charge is 2.31. The lowest BCUT2D eigenvalue weighted by Crippen LogP contribution is -2.32. The van der Waals surface area contributed by atoms with Crippen LogP contribution in [0.3, 0.4) is 0 Å². The van der Waals surface area contributed by atoms with E-state index in [1.807, 2.05) is 13.8 Å². The molecule has 0 aliphatic heterocycles. The lowest BCUT2D eigenvalue weighted by atomic mass is 9.94. The van der Waals surface area contributed by atoms with Crippen molar-refractivity contribution in [2.75, 3.05) is 0 Å². The van der Waals surface area contributed by atoms with Crippen LogP contribution in [0.4, 0.5) is 13.2 Å². The molecule has 2 rings (SSSR count). The van der Waals surface area contributed by atoms with E-state index in [0.717, 1.165) is 12.1 Å². The number of carbonyl (C=O) groups excluding carboxylic acids is 2. The molecule has 0 saturated heterocycles. The molecule has 0 aliphatic carbocycles. The number of halogens is 3. The van der Waals surface area contributed by atoms with Crippen LogP contribution in [0.15, 0.2) is 42.5 Å². The summed E-state index contributed by atoms with van der Waals surface area (Å²) in [7, 11) is 0. The SMILES string of the molecule is Cc1cc(C(=O)NC(c2ccc(C(=O)NO)cc2)C(C)C)cc(C(F)(F)F)c1. The number of hydrogen-bond donors (Lipinski definition) is 3. The van der Waals surface area contributed by atoms with Gasteiger partial charge in [-0.1, -0.05) is 26.0 Å². The van der Waals surface area contributed by atoms with Gasteiger partial charge in [0.2, 0.25) is 0 Å². The van der Waals surface area contributed by atoms with Gasteiger partial charge in [-0.2, -0.15) is 13.2 Å². The highest BCUT2D eigenvalue weighted by Crippen LogP contribution is 2.31. The summed E-state index contributed by atoms with van der Waals surface area (Å²) >= 11 is 0. The number of carbonyl (C=O) groups is 2. The van der Waals surface area contributed by atoms with Crippen molar-refractivity contribution < 1.29 is 28.0 Å². The Hall–Kier alpha value is -2.87. The molecule has 28 heavy (non-hydrogen) atoms. The van der Waals surface area contributed by atoms with Gasteiger partial charge < -0.3 is 5.32 Å². The second-order valence-corrected chi connectivity index (χ2v) is 6.84. The van der Waals surface area contributed by atoms with Gasteiger partial charge in [0.15, 0.2) is 0 Å². The van der Waals surface area contributed by atoms with Crippen molar-refractivity contribution >= 4 is 11.8 Å². The average molecular weight is 394 g/mol. The standard InChI is InChI=1S/C20H21F3N2O3/c1-11(2)17(13-4-6-14(7-5-13)19(27)25-28)24-18(26)15-8-12(3)9-16(10-15)20(21,22)23/h4-11,17,28H,1-3H3,(H,24,26)(H,25,27). The van der Waals surface area contributed by atoms with E-state index < -0.39 is 29.6 Å². The van der Waals surface area contributed by atoms with Crippen LogP contribution in [0.25, 0.3) is 0 Å². The minimum Gasteiger partial charge on any atom is -0.345 e. The maximum Gasteiger partial charge on any atom is 0.416 e. The fourth-order valence-electron chi connectivity index (χ4n) is 2.84. The van der Waals surface area contributed by atoms with Crippen molar-refractivity contribution in [2.24, 2.45) is 5.92 Å². The van der Waals surface area contributed by atoms with E-state index in [9.17, 15) is 22.8 Å². The Morgan fingerprint density at radius 1 is 0.964 bits per heavy atom. The lowest BCUT2D eigenvalue weighted by Gasteiger charge is -2.23. The van der Waals surface area contributed by atoms with Crippen molar-refractivity contribution in [2.45, 2.75) is 33.0 Å². The largest absolute Gasteiger partial charge is 0.416 e. The summed E-state index contributed by atoms with van der Waals surface area (Å²) in [5.41, 5.74) is 1.82. The van der Waals surface area contributed by atoms with Crippen molar-refractivity contribution in [3.8, 4) is 0 Å². The Balaban J connectivity index is 2.29. The van der Waals surface area contributed by atoms with Crippen LogP contribution in [0.1, 0.15) is 57.3 Å². The molecule has 0 saturated carbocycles. The second-order valence-electron chi connectivity index (χ2n) is 6.84. The molecule has 0 fully saturated rings. The number of hydrogen-bond acceptors (Lipinski definition) is 3. The minimum absolute atomic E-state index is 0.0617. The van der Waals surface area contributed by atoms with E-state index >= 15 is 0 Å². The summed E-state index contributed by atoms with van der Waals surface area (Å²) in [4.78, 5) is 24.0. The van der Waals surface area contributed by atoms with Crippen LogP contribution in [0, 0.1) is 12.8 Å². The van der Waals surface area contributed by atoms with Crippen molar-refractivity contribution in [3.63, 3.8) is 0 Å². The lowest BCUT2D eigenvalue weighted by molar-refractivity contribution is -0.137. The molecule has 5 nitrogen and oxygen atoms in total. The van der Waals surface area contributed by atoms with Crippen molar-refractivity contribution in [3.05, 3.63) is 70.3 Å². The molecule has 0 radical (unpaired) electrons. The molecular formula is C20H21F3N2O3. The number of rotatable bonds is 5. The van der Waals surface area contributed by atoms with Gasteiger partial charge in [-0.15, -0.1) is 0 Å². The summed E-state index contributed by atoms with van der Waals surface area (Å²) in [5.74, 6) is -1.35. The highest BCUT2D eigenvalue weighted by atomic mass is 19.4. The summed E-state index contributed by atoms with van der Waals surface area (Å²) in [5, 5.41) is 11.4. The smallest absolute Gasteiger partial charge is 0.345 e. The second kappa shape index (κ2) is 8.43. The van der Waals surface area contributed by atoms with Gasteiger partial charge in [0.05, 0.1) is 11.6 Å². The molecule has 0 aromatic heterocycles. The van der Waals surface area contributed by atoms with Gasteiger partial charge in [0.1, 0.15) is 0 Å². The first kappa shape index (κ1) is 21.4. The molecule has 1 atom stereocenters. The third-order valence-corrected chi connectivity index (χ3v) is 4.25. The predicted molar refractivity (Wildman–Crippen MR) is 96.9 cm³/mol. The molecule has 0 aliphatic rings. The topological polar surface area (TPSA) is 78.4 Å². The van der Waals surface area contributed by atoms with Gasteiger partial charge >= 0.3 is 6.18 Å². The van der Waals surface area contributed by atoms with Crippen LogP contribution >= 0.6 is 0 Å². The molecule has 0 spiro atoms. The molecule has 8 heteroatoms. The Labute approximate surface area is 160 Å². The summed E-state index contributed by atoms with van der Waals surface area (Å²) in [6.45, 7) is 5.21. The molecule has 0 heterocycles. The Morgan fingerprint density at radius 2 is 1.57 bits per heavy atom. The van der Waals surface area contributed by atoms with Gasteiger partial charge in [-0.25, -0.2) is 5.48 Å². The molecule has 150 valence electrons. The van der Waals surface area contributed by atoms with E-state index in [1.165, 1.54) is 30.6 Å². The summed E-state index contributed by atoms with van der Waals surface area (Å²) < 4.78 is 39.1. The fourth-order valence-corrected chi connectivity index (χ4v) is 2.84. The Bertz CT molecular complexity index is 862. The Kier molecular flexibility index (Phi) is 6.45. The number of aryl methyl sites for hydroxylation is 1. The molecule has 2 aromatic carbocycles. The molecule has 2 amide bonds. The zero-order chi connectivity index (χ0) is 21.1. The van der Waals surface area contributed by atoms with Crippen molar-refractivity contribution in [1.29, 1.82) is 0 Å². The quantitative estimate of drug-likeness (QED) is 0.524. The molecule has 1 unspecified atom stereocenters. The summed E-state index contributed by atoms with van der Waals surface area (Å²) in [6, 6.07) is 8.94. The number of alkyl halides is 3. The average Bonchev–Trinajstić information content (AvgIpc) is 2.64. The first-order valence-corrected chi connectivity index (χ1v) is 8.57. The van der Waals surface area contributed by atoms with E-state index in [4.69, 9.17) is 5.21 Å². The molecule has 2 aromatic rings. The highest BCUT2D eigenvalue weighted by molar-refractivity contribution is 5.95. The molecular weight excluding hydrogens is 373 g/mol. The van der Waals surface area contributed by atoms with Gasteiger partial charge in [-0.3, -0.25) is 14.8 Å². The number of hydroxylamine groups is 1. The number of benzene rings is 2. The van der Waals surface area contributed by atoms with Gasteiger partial charge in [-0.05, 0) is 54.3 Å². The zero-order valence-corrected chi connectivity index (χ0v) is 15.6. The van der Waals surface area contributed by atoms with Crippen LogP contribution in [0.2, 0.25) is 0 Å². The van der Waals surface area contributed by atoms with Crippen LogP contribution in [0.5, 0.6) is 0 Å². The Morgan fingerprint density at radius 3 is 2.07 bits per heavy atom. The van der Waals surface area contributed by atoms with E-state index in [-0.39, 0.29) is 17.0 Å². The first-order chi connectivity index (χ1) is 13.0. The first-order valence-electron chi connectivity index (χ1n) is 8.57. The zero-order valence-electron chi connectivity index (χ0n) is 15.6. The number of amides is 2. The fraction of sp³-hybridized carbons (Fsp3) is 0.300. The summed E-state index contributed by atoms with van der Waals surface area (Å²) in [6.07, 6.45) is -4.54. The maximum atomic E-state index is 13.0. The van der Waals surface area contributed by atoms with Crippen LogP contribution < -0.4 is 10.8 Å². The third-order valence-electron chi connectivity index (χ3n) is 4.25. The van der Waals surface area contributed by atoms with E-state index in [2.05, 4.69) is 5.32 Å². The minimum atomic E-state index is -4.54. The monoisotopic (exact) mass is 394 g/mol. The van der Waals surface area contributed by atoms with Gasteiger partial charge in [0.25, 0.3) is 11.8 Å². The third kappa shape index (κ3) is 5.10. The van der Waals surface area contributed by atoms with Crippen LogP contribution in [-0.2, 0) is 6.18 Å². The molecule has 3 N–H and O–H groups in total. The normalized spacial score (nSPS) is 12.6. The number of nitrogens with one attached hydrogen (secondary N) is 2. The van der Waals surface area contributed by atoms with Crippen molar-refractivity contribution in [1.82, 2.24) is 10.8 Å². The predicted octanol–water partition coefficient (Wildman–Crippen LogP) is 4.26. The van der Waals surface area contributed by atoms with E-state index in [0.29, 0.717) is 11.1 Å². The maximum absolute atomic E-state index is 13.0. The van der Waals surface area contributed by atoms with Gasteiger partial charge in [0, 0.05) is 11.1 Å². The molecule has 0 bridgehead atoms.